The van der Waals surface area contributed by atoms with Gasteiger partial charge in [0.15, 0.2) is 13.2 Å². The van der Waals surface area contributed by atoms with Crippen molar-refractivity contribution in [2.45, 2.75) is 13.5 Å². The van der Waals surface area contributed by atoms with Crippen molar-refractivity contribution in [3.8, 4) is 17.1 Å². The molecular formula is C18H15N3O6. The first-order chi connectivity index (χ1) is 13.0. The molecule has 0 atom stereocenters. The van der Waals surface area contributed by atoms with Crippen LogP contribution in [0.5, 0.6) is 5.75 Å². The molecule has 0 unspecified atom stereocenters. The van der Waals surface area contributed by atoms with Crippen molar-refractivity contribution in [2.24, 2.45) is 0 Å². The number of nitrogens with zero attached hydrogens (tertiary/aromatic N) is 3. The molecular weight excluding hydrogens is 354 g/mol. The highest BCUT2D eigenvalue weighted by Gasteiger charge is 2.13. The molecule has 9 nitrogen and oxygen atoms in total. The number of benzene rings is 2. The van der Waals surface area contributed by atoms with Gasteiger partial charge in [0.25, 0.3) is 11.6 Å². The zero-order valence-electron chi connectivity index (χ0n) is 14.3. The molecule has 0 bridgehead atoms. The van der Waals surface area contributed by atoms with E-state index in [1.165, 1.54) is 24.3 Å². The molecule has 0 aliphatic carbocycles. The average molecular weight is 369 g/mol. The van der Waals surface area contributed by atoms with Crippen LogP contribution in [0.4, 0.5) is 5.69 Å². The molecule has 9 heteroatoms. The summed E-state index contributed by atoms with van der Waals surface area (Å²) >= 11 is 0. The Kier molecular flexibility index (Phi) is 5.41. The van der Waals surface area contributed by atoms with Crippen LogP contribution in [0, 0.1) is 17.0 Å². The fourth-order valence-electron chi connectivity index (χ4n) is 2.24. The van der Waals surface area contributed by atoms with E-state index in [1.807, 2.05) is 31.2 Å². The summed E-state index contributed by atoms with van der Waals surface area (Å²) in [5.41, 5.74) is 1.77. The van der Waals surface area contributed by atoms with Gasteiger partial charge in [-0.1, -0.05) is 29.4 Å². The molecule has 1 aromatic heterocycles. The number of nitro groups is 1. The summed E-state index contributed by atoms with van der Waals surface area (Å²) in [6, 6.07) is 12.9. The minimum Gasteiger partial charge on any atom is -0.482 e. The molecule has 3 rings (SSSR count). The summed E-state index contributed by atoms with van der Waals surface area (Å²) in [5.74, 6) is 0.263. The zero-order valence-corrected chi connectivity index (χ0v) is 14.3. The Morgan fingerprint density at radius 1 is 1.19 bits per heavy atom. The third-order valence-corrected chi connectivity index (χ3v) is 3.61. The van der Waals surface area contributed by atoms with Crippen LogP contribution in [0.1, 0.15) is 11.5 Å². The molecule has 2 aromatic carbocycles. The zero-order chi connectivity index (χ0) is 19.2. The van der Waals surface area contributed by atoms with Crippen LogP contribution >= 0.6 is 0 Å². The van der Waals surface area contributed by atoms with E-state index in [1.54, 1.807) is 0 Å². The second-order valence-corrected chi connectivity index (χ2v) is 5.53. The topological polar surface area (TPSA) is 118 Å². The molecule has 0 N–H and O–H groups in total. The molecule has 0 saturated carbocycles. The quantitative estimate of drug-likeness (QED) is 0.354. The van der Waals surface area contributed by atoms with Gasteiger partial charge in [-0.05, 0) is 24.6 Å². The number of esters is 1. The van der Waals surface area contributed by atoms with E-state index in [0.29, 0.717) is 11.6 Å². The fourth-order valence-corrected chi connectivity index (χ4v) is 2.24. The van der Waals surface area contributed by atoms with E-state index in [4.69, 9.17) is 14.0 Å². The Morgan fingerprint density at radius 2 is 1.93 bits per heavy atom. The van der Waals surface area contributed by atoms with E-state index in [2.05, 4.69) is 10.1 Å². The maximum Gasteiger partial charge on any atom is 0.344 e. The first-order valence-corrected chi connectivity index (χ1v) is 7.94. The molecule has 0 radical (unpaired) electrons. The number of ether oxygens (including phenoxy) is 2. The number of rotatable bonds is 7. The van der Waals surface area contributed by atoms with Gasteiger partial charge in [-0.2, -0.15) is 4.98 Å². The van der Waals surface area contributed by atoms with Crippen LogP contribution in [0.15, 0.2) is 53.1 Å². The Labute approximate surface area is 153 Å². The lowest BCUT2D eigenvalue weighted by molar-refractivity contribution is -0.384. The summed E-state index contributed by atoms with van der Waals surface area (Å²) in [6.45, 7) is 1.40. The van der Waals surface area contributed by atoms with Crippen molar-refractivity contribution in [1.29, 1.82) is 0 Å². The Bertz CT molecular complexity index is 952. The first kappa shape index (κ1) is 18.1. The van der Waals surface area contributed by atoms with Crippen molar-refractivity contribution >= 4 is 11.7 Å². The number of non-ortho nitro benzene ring substituents is 1. The normalized spacial score (nSPS) is 10.4. The highest BCUT2D eigenvalue weighted by atomic mass is 16.6. The van der Waals surface area contributed by atoms with Crippen molar-refractivity contribution < 1.29 is 23.7 Å². The van der Waals surface area contributed by atoms with Gasteiger partial charge in [0.05, 0.1) is 4.92 Å². The second kappa shape index (κ2) is 8.09. The number of carbonyl (C=O) groups is 1. The molecule has 3 aromatic rings. The highest BCUT2D eigenvalue weighted by Crippen LogP contribution is 2.20. The van der Waals surface area contributed by atoms with Crippen LogP contribution in [0.25, 0.3) is 11.4 Å². The minimum absolute atomic E-state index is 0.0641. The Morgan fingerprint density at radius 3 is 2.63 bits per heavy atom. The predicted octanol–water partition coefficient (Wildman–Crippen LogP) is 3.08. The summed E-state index contributed by atoms with van der Waals surface area (Å²) in [5, 5.41) is 14.5. The van der Waals surface area contributed by atoms with Gasteiger partial charge in [0, 0.05) is 17.7 Å². The molecule has 0 fully saturated rings. The summed E-state index contributed by atoms with van der Waals surface area (Å²) in [4.78, 5) is 26.0. The first-order valence-electron chi connectivity index (χ1n) is 7.94. The summed E-state index contributed by atoms with van der Waals surface area (Å²) in [6.07, 6.45) is 0. The molecule has 27 heavy (non-hydrogen) atoms. The molecule has 0 amide bonds. The van der Waals surface area contributed by atoms with Crippen molar-refractivity contribution in [1.82, 2.24) is 10.1 Å². The fraction of sp³-hybridized carbons (Fsp3) is 0.167. The number of aromatic nitrogens is 2. The van der Waals surface area contributed by atoms with Gasteiger partial charge in [-0.3, -0.25) is 10.1 Å². The van der Waals surface area contributed by atoms with Gasteiger partial charge in [-0.15, -0.1) is 0 Å². The number of hydrogen-bond donors (Lipinski definition) is 0. The van der Waals surface area contributed by atoms with Crippen LogP contribution in [0.3, 0.4) is 0 Å². The van der Waals surface area contributed by atoms with Crippen LogP contribution in [-0.2, 0) is 16.1 Å². The Balaban J connectivity index is 1.49. The second-order valence-electron chi connectivity index (χ2n) is 5.53. The van der Waals surface area contributed by atoms with Crippen LogP contribution < -0.4 is 4.74 Å². The maximum absolute atomic E-state index is 11.8. The van der Waals surface area contributed by atoms with Gasteiger partial charge in [0.2, 0.25) is 5.82 Å². The van der Waals surface area contributed by atoms with E-state index in [-0.39, 0.29) is 24.8 Å². The molecule has 0 aliphatic rings. The SMILES string of the molecule is Cc1ccccc1-c1noc(COC(=O)COc2ccc([N+](=O)[O-])cc2)n1. The molecule has 0 spiro atoms. The van der Waals surface area contributed by atoms with E-state index < -0.39 is 10.9 Å². The van der Waals surface area contributed by atoms with Crippen molar-refractivity contribution in [3.63, 3.8) is 0 Å². The largest absolute Gasteiger partial charge is 0.482 e. The molecule has 0 saturated heterocycles. The number of aryl methyl sites for hydroxylation is 1. The van der Waals surface area contributed by atoms with Crippen molar-refractivity contribution in [2.75, 3.05) is 6.61 Å². The summed E-state index contributed by atoms with van der Waals surface area (Å²) < 4.78 is 15.3. The lowest BCUT2D eigenvalue weighted by atomic mass is 10.1. The lowest BCUT2D eigenvalue weighted by Gasteiger charge is -2.05. The van der Waals surface area contributed by atoms with E-state index >= 15 is 0 Å². The molecule has 1 heterocycles. The van der Waals surface area contributed by atoms with Gasteiger partial charge >= 0.3 is 5.97 Å². The standard InChI is InChI=1S/C18H15N3O6/c1-12-4-2-3-5-15(12)18-19-16(27-20-18)10-26-17(22)11-25-14-8-6-13(7-9-14)21(23)24/h2-9H,10-11H2,1H3. The van der Waals surface area contributed by atoms with Crippen LogP contribution in [0.2, 0.25) is 0 Å². The minimum atomic E-state index is -0.635. The third-order valence-electron chi connectivity index (χ3n) is 3.61. The number of nitro benzene ring substituents is 1. The smallest absolute Gasteiger partial charge is 0.344 e. The average Bonchev–Trinajstić information content (AvgIpc) is 3.14. The Hall–Kier alpha value is -3.75. The molecule has 138 valence electrons. The maximum atomic E-state index is 11.8. The van der Waals surface area contributed by atoms with Crippen LogP contribution in [-0.4, -0.2) is 27.6 Å². The molecule has 0 aliphatic heterocycles. The van der Waals surface area contributed by atoms with Crippen molar-refractivity contribution in [3.05, 3.63) is 70.1 Å². The monoisotopic (exact) mass is 369 g/mol. The third kappa shape index (κ3) is 4.66. The van der Waals surface area contributed by atoms with Gasteiger partial charge in [-0.25, -0.2) is 4.79 Å². The lowest BCUT2D eigenvalue weighted by Crippen LogP contribution is -2.14. The number of carbonyl (C=O) groups excluding carboxylic acids is 1. The predicted molar refractivity (Wildman–Crippen MR) is 92.9 cm³/mol. The number of hydrogen-bond acceptors (Lipinski definition) is 8. The van der Waals surface area contributed by atoms with Gasteiger partial charge in [0.1, 0.15) is 5.75 Å². The van der Waals surface area contributed by atoms with E-state index in [9.17, 15) is 14.9 Å². The van der Waals surface area contributed by atoms with Gasteiger partial charge < -0.3 is 14.0 Å². The summed E-state index contributed by atoms with van der Waals surface area (Å²) in [7, 11) is 0. The highest BCUT2D eigenvalue weighted by molar-refractivity contribution is 5.71. The van der Waals surface area contributed by atoms with E-state index in [0.717, 1.165) is 11.1 Å².